The molecule has 0 unspecified atom stereocenters. The van der Waals surface area contributed by atoms with Crippen molar-refractivity contribution in [2.24, 2.45) is 23.3 Å². The number of benzene rings is 1. The quantitative estimate of drug-likeness (QED) is 0.0307. The van der Waals surface area contributed by atoms with Gasteiger partial charge in [-0.3, -0.25) is 62.3 Å². The summed E-state index contributed by atoms with van der Waals surface area (Å²) in [6.07, 6.45) is 3.40. The Labute approximate surface area is 504 Å². The molecule has 0 aromatic heterocycles. The molecule has 0 bridgehead atoms. The number of nitrogens with zero attached hydrogens (tertiary/aromatic N) is 2. The molecule has 2 fully saturated rings. The molecular formula is C56H89N13O16S. The first kappa shape index (κ1) is 72.7. The fourth-order valence-electron chi connectivity index (χ4n) is 9.57. The van der Waals surface area contributed by atoms with E-state index in [9.17, 15) is 72.5 Å². The van der Waals surface area contributed by atoms with Crippen molar-refractivity contribution in [3.05, 3.63) is 29.8 Å². The first-order valence-corrected chi connectivity index (χ1v) is 30.5. The van der Waals surface area contributed by atoms with Crippen LogP contribution < -0.4 is 59.3 Å². The van der Waals surface area contributed by atoms with Crippen molar-refractivity contribution in [2.75, 3.05) is 44.7 Å². The van der Waals surface area contributed by atoms with Crippen molar-refractivity contribution in [1.82, 2.24) is 57.7 Å². The number of hydrogen-bond donors (Lipinski definition) is 14. The van der Waals surface area contributed by atoms with E-state index in [2.05, 4.69) is 47.9 Å². The highest BCUT2D eigenvalue weighted by Gasteiger charge is 2.44. The molecule has 29 nitrogen and oxygen atoms in total. The van der Waals surface area contributed by atoms with Crippen molar-refractivity contribution in [3.8, 4) is 5.75 Å². The number of phenols is 1. The normalized spacial score (nSPS) is 17.8. The number of hydrogen-bond acceptors (Lipinski definition) is 17. The molecule has 11 amide bonds. The van der Waals surface area contributed by atoms with Gasteiger partial charge in [0.2, 0.25) is 65.0 Å². The molecule has 3 rings (SSSR count). The predicted octanol–water partition coefficient (Wildman–Crippen LogP) is -2.56. The maximum Gasteiger partial charge on any atom is 0.322 e. The summed E-state index contributed by atoms with van der Waals surface area (Å²) in [4.78, 5) is 176. The average Bonchev–Trinajstić information content (AvgIpc) is 2.30. The van der Waals surface area contributed by atoms with Gasteiger partial charge in [-0.25, -0.2) is 0 Å². The second kappa shape index (κ2) is 36.4. The van der Waals surface area contributed by atoms with E-state index in [1.807, 2.05) is 0 Å². The van der Waals surface area contributed by atoms with Crippen LogP contribution in [0.4, 0.5) is 0 Å². The van der Waals surface area contributed by atoms with E-state index in [1.165, 1.54) is 59.7 Å². The number of phenolic OH excluding ortho intramolecular Hbond substituents is 1. The summed E-state index contributed by atoms with van der Waals surface area (Å²) < 4.78 is 0. The molecule has 0 spiro atoms. The molecule has 0 saturated carbocycles. The molecule has 16 N–H and O–H groups in total. The van der Waals surface area contributed by atoms with Crippen molar-refractivity contribution in [3.63, 3.8) is 0 Å². The van der Waals surface area contributed by atoms with Gasteiger partial charge in [0.25, 0.3) is 0 Å². The summed E-state index contributed by atoms with van der Waals surface area (Å²) in [6, 6.07) is -6.24. The van der Waals surface area contributed by atoms with Crippen LogP contribution in [0.3, 0.4) is 0 Å². The summed E-state index contributed by atoms with van der Waals surface area (Å²) in [5, 5.41) is 51.2. The summed E-state index contributed by atoms with van der Waals surface area (Å²) in [5.74, 6) is -11.1. The Balaban J connectivity index is 1.78. The molecular weight excluding hydrogens is 1140 g/mol. The van der Waals surface area contributed by atoms with E-state index in [1.54, 1.807) is 34.0 Å². The summed E-state index contributed by atoms with van der Waals surface area (Å²) in [7, 11) is 0. The van der Waals surface area contributed by atoms with Crippen LogP contribution >= 0.6 is 11.8 Å². The van der Waals surface area contributed by atoms with Crippen LogP contribution in [0.2, 0.25) is 0 Å². The lowest BCUT2D eigenvalue weighted by Gasteiger charge is -2.33. The molecule has 2 heterocycles. The number of carboxylic acid groups (broad SMARTS) is 2. The minimum absolute atomic E-state index is 0.0672. The SMILES string of the molecule is CC[C@H](C)[C@H](NC(=O)[C@@H]1CCCN1C(=O)[C@@H]1CCCN1C(=O)[C@H](C)NC(=O)[C@H](Cc1ccc(O)cc1)NC(=O)[C@H](CCSC)NC(=O)[C@H](C)NC(=O)[C@H](CCCCN)NC(=O)CNC(=O)[C@@H](N)C(C)C)C(=O)N[C@@H](CCC(=O)O)C(=O)NCC(=O)O. The number of amides is 11. The minimum atomic E-state index is -1.46. The largest absolute Gasteiger partial charge is 0.508 e. The standard InChI is InChI=1S/C56H89N13O16S/c1-8-31(4)46(54(83)65-37(20-21-43(72)73)48(77)60-29-44(74)75)67-52(81)40-14-11-24-68(40)56(85)41-15-12-25-69(41)55(84)33(6)62-51(80)39(27-34-16-18-35(70)19-17-34)66-50(79)38(22-26-86-7)64-47(76)32(5)61-49(78)36(13-9-10-23-57)63-42(71)28-59-53(82)45(58)30(2)3/h16-19,30-33,36-41,45-46,70H,8-15,20-29,57-58H2,1-7H3,(H,59,82)(H,60,77)(H,61,78)(H,62,80)(H,63,71)(H,64,76)(H,65,83)(H,66,79)(H,67,81)(H,72,73)(H,74,75)/t31-,32-,33-,36-,37-,38-,39-,40-,41-,45-,46-/m0/s1. The van der Waals surface area contributed by atoms with Gasteiger partial charge in [0.15, 0.2) is 0 Å². The smallest absolute Gasteiger partial charge is 0.322 e. The van der Waals surface area contributed by atoms with E-state index in [4.69, 9.17) is 16.6 Å². The summed E-state index contributed by atoms with van der Waals surface area (Å²) >= 11 is 1.37. The Morgan fingerprint density at radius 3 is 1.78 bits per heavy atom. The number of unbranched alkanes of at least 4 members (excludes halogenated alkanes) is 1. The van der Waals surface area contributed by atoms with E-state index >= 15 is 0 Å². The number of rotatable bonds is 36. The third-order valence-electron chi connectivity index (χ3n) is 14.9. The number of nitrogens with two attached hydrogens (primary N) is 2. The van der Waals surface area contributed by atoms with Gasteiger partial charge in [-0.15, -0.1) is 0 Å². The number of carboxylic acids is 2. The maximum atomic E-state index is 14.4. The van der Waals surface area contributed by atoms with Crippen LogP contribution in [-0.2, 0) is 68.7 Å². The Morgan fingerprint density at radius 2 is 1.17 bits per heavy atom. The van der Waals surface area contributed by atoms with Crippen LogP contribution in [0.25, 0.3) is 0 Å². The monoisotopic (exact) mass is 1230 g/mol. The highest BCUT2D eigenvalue weighted by Crippen LogP contribution is 2.26. The number of aliphatic carboxylic acids is 2. The van der Waals surface area contributed by atoms with Crippen LogP contribution in [-0.4, -0.2) is 207 Å². The molecule has 1 aromatic carbocycles. The van der Waals surface area contributed by atoms with Gasteiger partial charge in [-0.2, -0.15) is 11.8 Å². The molecule has 0 aliphatic carbocycles. The second-order valence-electron chi connectivity index (χ2n) is 22.0. The van der Waals surface area contributed by atoms with Gasteiger partial charge in [-0.1, -0.05) is 46.2 Å². The first-order valence-electron chi connectivity index (χ1n) is 29.1. The summed E-state index contributed by atoms with van der Waals surface area (Å²) in [6.45, 7) is 8.97. The Morgan fingerprint density at radius 1 is 0.616 bits per heavy atom. The van der Waals surface area contributed by atoms with Gasteiger partial charge in [0.1, 0.15) is 66.7 Å². The van der Waals surface area contributed by atoms with Crippen LogP contribution in [0.1, 0.15) is 118 Å². The number of aromatic hydroxyl groups is 1. The van der Waals surface area contributed by atoms with E-state index < -0.39 is 163 Å². The van der Waals surface area contributed by atoms with Gasteiger partial charge in [0, 0.05) is 25.9 Å². The van der Waals surface area contributed by atoms with Gasteiger partial charge >= 0.3 is 11.9 Å². The fourth-order valence-corrected chi connectivity index (χ4v) is 10.0. The highest BCUT2D eigenvalue weighted by atomic mass is 32.2. The third kappa shape index (κ3) is 23.3. The average molecular weight is 1230 g/mol. The molecule has 2 saturated heterocycles. The zero-order valence-corrected chi connectivity index (χ0v) is 50.9. The fraction of sp³-hybridized carbons (Fsp3) is 0.661. The summed E-state index contributed by atoms with van der Waals surface area (Å²) in [5.41, 5.74) is 12.0. The Hall–Kier alpha value is -7.60. The molecule has 11 atom stereocenters. The number of nitrogens with one attached hydrogen (secondary N) is 9. The van der Waals surface area contributed by atoms with Crippen molar-refractivity contribution in [1.29, 1.82) is 0 Å². The highest BCUT2D eigenvalue weighted by molar-refractivity contribution is 7.98. The number of carbonyl (C=O) groups excluding carboxylic acids is 11. The van der Waals surface area contributed by atoms with Gasteiger partial charge < -0.3 is 84.4 Å². The van der Waals surface area contributed by atoms with Crippen molar-refractivity contribution < 1.29 is 77.6 Å². The second-order valence-corrected chi connectivity index (χ2v) is 23.0. The van der Waals surface area contributed by atoms with E-state index in [-0.39, 0.29) is 63.3 Å². The van der Waals surface area contributed by atoms with E-state index in [0.29, 0.717) is 50.0 Å². The van der Waals surface area contributed by atoms with Crippen molar-refractivity contribution >= 4 is 88.7 Å². The lowest BCUT2D eigenvalue weighted by molar-refractivity contribution is -0.148. The number of likely N-dealkylation sites (tertiary alicyclic amines) is 2. The van der Waals surface area contributed by atoms with E-state index in [0.717, 1.165) is 0 Å². The predicted molar refractivity (Wildman–Crippen MR) is 315 cm³/mol. The lowest BCUT2D eigenvalue weighted by atomic mass is 9.97. The zero-order chi connectivity index (χ0) is 64.4. The van der Waals surface area contributed by atoms with Gasteiger partial charge in [0.05, 0.1) is 12.6 Å². The Kier molecular flexibility index (Phi) is 30.8. The van der Waals surface area contributed by atoms with Crippen molar-refractivity contribution in [2.45, 2.75) is 179 Å². The molecule has 86 heavy (non-hydrogen) atoms. The Bertz CT molecular complexity index is 2540. The first-order chi connectivity index (χ1) is 40.6. The molecule has 0 radical (unpaired) electrons. The molecule has 480 valence electrons. The van der Waals surface area contributed by atoms with Crippen LogP contribution in [0.5, 0.6) is 5.75 Å². The zero-order valence-electron chi connectivity index (χ0n) is 50.1. The molecule has 2 aliphatic rings. The van der Waals surface area contributed by atoms with Crippen LogP contribution in [0, 0.1) is 11.8 Å². The minimum Gasteiger partial charge on any atom is -0.508 e. The molecule has 30 heteroatoms. The van der Waals surface area contributed by atoms with Gasteiger partial charge in [-0.05, 0) is 120 Å². The topological polar surface area (TPSA) is 449 Å². The number of thioether (sulfide) groups is 1. The lowest BCUT2D eigenvalue weighted by Crippen LogP contribution is -2.60. The maximum absolute atomic E-state index is 14.4. The van der Waals surface area contributed by atoms with Crippen LogP contribution in [0.15, 0.2) is 24.3 Å². The number of carbonyl (C=O) groups is 13. The third-order valence-corrected chi connectivity index (χ3v) is 15.6. The molecule has 2 aliphatic heterocycles. The molecule has 1 aromatic rings.